The van der Waals surface area contributed by atoms with Gasteiger partial charge < -0.3 is 0 Å². The van der Waals surface area contributed by atoms with E-state index in [-0.39, 0.29) is 23.2 Å². The standard InChI is InChI=1S/C57H39N5/c1-3-13-38(14-4-1)54-60-55(39-15-5-2-6-16-39)62-56(61-54)43-34-41(37-25-29-58-30-26-37)33-42(35-43)46-18-8-7-17-45(46)40-23-24-49-52(36-40)57(44-27-31-59-32-28-44)50-21-11-9-19-47(50)53(49)48-20-10-12-22-51(48)57/h1-36,49,52-53H. The third-order valence-electron chi connectivity index (χ3n) is 13.2. The van der Waals surface area contributed by atoms with Crippen LogP contribution in [0.25, 0.3) is 62.0 Å². The minimum atomic E-state index is -0.388. The zero-order valence-corrected chi connectivity index (χ0v) is 33.8. The van der Waals surface area contributed by atoms with Crippen LogP contribution in [0, 0.1) is 11.8 Å². The largest absolute Gasteiger partial charge is 0.265 e. The highest BCUT2D eigenvalue weighted by Gasteiger charge is 2.58. The van der Waals surface area contributed by atoms with Crippen LogP contribution < -0.4 is 0 Å². The van der Waals surface area contributed by atoms with Crippen LogP contribution in [0.5, 0.6) is 0 Å². The molecule has 3 aromatic heterocycles. The fourth-order valence-corrected chi connectivity index (χ4v) is 10.6. The van der Waals surface area contributed by atoms with E-state index in [1.165, 1.54) is 39.0 Å². The van der Waals surface area contributed by atoms with Gasteiger partial charge >= 0.3 is 0 Å². The number of hydrogen-bond donors (Lipinski definition) is 0. The third kappa shape index (κ3) is 5.73. The quantitative estimate of drug-likeness (QED) is 0.161. The maximum absolute atomic E-state index is 5.16. The summed E-state index contributed by atoms with van der Waals surface area (Å²) in [6.45, 7) is 0. The van der Waals surface area contributed by atoms with E-state index in [9.17, 15) is 0 Å². The van der Waals surface area contributed by atoms with Crippen molar-refractivity contribution in [2.45, 2.75) is 11.3 Å². The average Bonchev–Trinajstić information content (AvgIpc) is 3.37. The first-order valence-corrected chi connectivity index (χ1v) is 21.3. The molecule has 5 heteroatoms. The maximum Gasteiger partial charge on any atom is 0.164 e. The molecule has 4 aliphatic carbocycles. The van der Waals surface area contributed by atoms with Crippen LogP contribution in [-0.2, 0) is 5.41 Å². The molecule has 0 saturated carbocycles. The molecule has 2 atom stereocenters. The van der Waals surface area contributed by atoms with E-state index in [0.29, 0.717) is 17.5 Å². The lowest BCUT2D eigenvalue weighted by atomic mass is 9.44. The van der Waals surface area contributed by atoms with E-state index < -0.39 is 0 Å². The minimum Gasteiger partial charge on any atom is -0.265 e. The molecule has 6 aromatic carbocycles. The normalized spacial score (nSPS) is 19.2. The predicted molar refractivity (Wildman–Crippen MR) is 248 cm³/mol. The highest BCUT2D eigenvalue weighted by molar-refractivity contribution is 5.90. The van der Waals surface area contributed by atoms with Crippen LogP contribution in [-0.4, -0.2) is 24.9 Å². The van der Waals surface area contributed by atoms with Crippen molar-refractivity contribution in [3.8, 4) is 56.4 Å². The van der Waals surface area contributed by atoms with Crippen molar-refractivity contribution in [1.29, 1.82) is 0 Å². The van der Waals surface area contributed by atoms with Gasteiger partial charge in [-0.2, -0.15) is 0 Å². The summed E-state index contributed by atoms with van der Waals surface area (Å²) in [6, 6.07) is 62.7. The molecule has 0 aliphatic heterocycles. The average molecular weight is 794 g/mol. The van der Waals surface area contributed by atoms with E-state index in [0.717, 1.165) is 38.9 Å². The van der Waals surface area contributed by atoms with Crippen LogP contribution in [0.2, 0.25) is 0 Å². The number of rotatable bonds is 7. The third-order valence-corrected chi connectivity index (χ3v) is 13.2. The summed E-state index contributed by atoms with van der Waals surface area (Å²) in [6.07, 6.45) is 15.1. The number of pyridine rings is 2. The Morgan fingerprint density at radius 1 is 0.403 bits per heavy atom. The summed E-state index contributed by atoms with van der Waals surface area (Å²) in [4.78, 5) is 24.2. The molecule has 9 aromatic rings. The topological polar surface area (TPSA) is 64.5 Å². The molecule has 292 valence electrons. The van der Waals surface area contributed by atoms with Gasteiger partial charge in [0.2, 0.25) is 0 Å². The monoisotopic (exact) mass is 793 g/mol. The van der Waals surface area contributed by atoms with Crippen molar-refractivity contribution < 1.29 is 0 Å². The Bertz CT molecular complexity index is 3090. The van der Waals surface area contributed by atoms with Gasteiger partial charge in [0.1, 0.15) is 0 Å². The smallest absolute Gasteiger partial charge is 0.164 e. The number of allylic oxidation sites excluding steroid dienone is 4. The molecule has 0 fully saturated rings. The first-order valence-electron chi connectivity index (χ1n) is 21.3. The molecule has 0 amide bonds. The second-order valence-corrected chi connectivity index (χ2v) is 16.4. The minimum absolute atomic E-state index is 0.171. The lowest BCUT2D eigenvalue weighted by molar-refractivity contribution is 0.267. The van der Waals surface area contributed by atoms with Crippen LogP contribution in [0.1, 0.15) is 39.3 Å². The fraction of sp³-hybridized carbons (Fsp3) is 0.0702. The molecule has 2 unspecified atom stereocenters. The maximum atomic E-state index is 5.16. The summed E-state index contributed by atoms with van der Waals surface area (Å²) in [5, 5.41) is 0. The van der Waals surface area contributed by atoms with Crippen LogP contribution in [0.4, 0.5) is 0 Å². The van der Waals surface area contributed by atoms with Crippen molar-refractivity contribution in [3.63, 3.8) is 0 Å². The van der Waals surface area contributed by atoms with Crippen molar-refractivity contribution in [1.82, 2.24) is 24.9 Å². The molecule has 3 heterocycles. The first-order chi connectivity index (χ1) is 30.7. The molecule has 0 N–H and O–H groups in total. The van der Waals surface area contributed by atoms with Crippen molar-refractivity contribution >= 4 is 5.57 Å². The van der Waals surface area contributed by atoms with Gasteiger partial charge in [0, 0.05) is 53.3 Å². The lowest BCUT2D eigenvalue weighted by Gasteiger charge is -2.58. The van der Waals surface area contributed by atoms with E-state index in [2.05, 4.69) is 143 Å². The van der Waals surface area contributed by atoms with Gasteiger partial charge in [0.05, 0.1) is 5.41 Å². The number of benzene rings is 6. The van der Waals surface area contributed by atoms with Gasteiger partial charge in [0.15, 0.2) is 17.5 Å². The first kappa shape index (κ1) is 36.0. The molecule has 2 bridgehead atoms. The predicted octanol–water partition coefficient (Wildman–Crippen LogP) is 12.7. The van der Waals surface area contributed by atoms with E-state index >= 15 is 0 Å². The molecule has 4 aliphatic rings. The molecule has 5 nitrogen and oxygen atoms in total. The molecule has 62 heavy (non-hydrogen) atoms. The van der Waals surface area contributed by atoms with E-state index in [1.807, 2.05) is 85.5 Å². The SMILES string of the molecule is C1=CC2C3c4ccccc4C(c4ccncc4)(c4ccccc43)C2C=C1c1ccccc1-c1cc(-c2ccncc2)cc(-c2nc(-c3ccccc3)nc(-c3ccccc3)n2)c1. The summed E-state index contributed by atoms with van der Waals surface area (Å²) in [5.41, 5.74) is 16.0. The van der Waals surface area contributed by atoms with Gasteiger partial charge in [-0.25, -0.2) is 15.0 Å². The molecule has 13 rings (SSSR count). The molecular formula is C57H39N5. The zero-order valence-electron chi connectivity index (χ0n) is 33.8. The van der Waals surface area contributed by atoms with Gasteiger partial charge in [-0.1, -0.05) is 152 Å². The Labute approximate surface area is 361 Å². The lowest BCUT2D eigenvalue weighted by Crippen LogP contribution is -2.52. The number of hydrogen-bond acceptors (Lipinski definition) is 5. The van der Waals surface area contributed by atoms with Gasteiger partial charge in [0.25, 0.3) is 0 Å². The summed E-state index contributed by atoms with van der Waals surface area (Å²) in [7, 11) is 0. The highest BCUT2D eigenvalue weighted by atomic mass is 15.0. The van der Waals surface area contributed by atoms with E-state index in [1.54, 1.807) is 0 Å². The number of aromatic nitrogens is 5. The van der Waals surface area contributed by atoms with Crippen molar-refractivity contribution in [3.05, 3.63) is 252 Å². The highest BCUT2D eigenvalue weighted by Crippen LogP contribution is 2.65. The Balaban J connectivity index is 1.05. The number of nitrogens with zero attached hydrogens (tertiary/aromatic N) is 5. The van der Waals surface area contributed by atoms with E-state index in [4.69, 9.17) is 15.0 Å². The molecular weight excluding hydrogens is 755 g/mol. The van der Waals surface area contributed by atoms with Gasteiger partial charge in [-0.15, -0.1) is 0 Å². The Hall–Kier alpha value is -7.89. The van der Waals surface area contributed by atoms with Gasteiger partial charge in [-0.3, -0.25) is 9.97 Å². The second kappa shape index (κ2) is 14.7. The summed E-state index contributed by atoms with van der Waals surface area (Å²) < 4.78 is 0. The van der Waals surface area contributed by atoms with Crippen LogP contribution in [0.3, 0.4) is 0 Å². The Kier molecular flexibility index (Phi) is 8.53. The molecule has 0 saturated heterocycles. The Morgan fingerprint density at radius 3 is 1.53 bits per heavy atom. The molecule has 0 spiro atoms. The second-order valence-electron chi connectivity index (χ2n) is 16.4. The van der Waals surface area contributed by atoms with Crippen molar-refractivity contribution in [2.75, 3.05) is 0 Å². The summed E-state index contributed by atoms with van der Waals surface area (Å²) >= 11 is 0. The summed E-state index contributed by atoms with van der Waals surface area (Å²) in [5.74, 6) is 2.59. The molecule has 0 radical (unpaired) electrons. The Morgan fingerprint density at radius 2 is 0.903 bits per heavy atom. The van der Waals surface area contributed by atoms with Gasteiger partial charge in [-0.05, 0) is 110 Å². The fourth-order valence-electron chi connectivity index (χ4n) is 10.6. The zero-order chi connectivity index (χ0) is 41.0. The van der Waals surface area contributed by atoms with Crippen molar-refractivity contribution in [2.24, 2.45) is 11.8 Å². The van der Waals surface area contributed by atoms with Crippen LogP contribution >= 0.6 is 0 Å². The van der Waals surface area contributed by atoms with Crippen LogP contribution in [0.15, 0.2) is 219 Å².